The maximum absolute atomic E-state index is 12.5. The van der Waals surface area contributed by atoms with Crippen molar-refractivity contribution in [3.05, 3.63) is 65.7 Å². The van der Waals surface area contributed by atoms with Gasteiger partial charge in [-0.3, -0.25) is 4.79 Å². The van der Waals surface area contributed by atoms with Crippen LogP contribution >= 0.6 is 0 Å². The van der Waals surface area contributed by atoms with Crippen LogP contribution in [0.3, 0.4) is 0 Å². The van der Waals surface area contributed by atoms with Gasteiger partial charge in [-0.05, 0) is 36.1 Å². The van der Waals surface area contributed by atoms with Crippen molar-refractivity contribution in [2.24, 2.45) is 0 Å². The highest BCUT2D eigenvalue weighted by atomic mass is 16.5. The molecule has 0 aliphatic carbocycles. The van der Waals surface area contributed by atoms with Crippen LogP contribution < -0.4 is 20.9 Å². The lowest BCUT2D eigenvalue weighted by molar-refractivity contribution is -0.123. The number of aliphatic hydroxyl groups excluding tert-OH is 1. The summed E-state index contributed by atoms with van der Waals surface area (Å²) in [7, 11) is 1.64. The molecule has 3 atom stereocenters. The van der Waals surface area contributed by atoms with E-state index >= 15 is 0 Å². The molecule has 1 aliphatic heterocycles. The van der Waals surface area contributed by atoms with Crippen LogP contribution in [-0.2, 0) is 11.2 Å². The van der Waals surface area contributed by atoms with Crippen molar-refractivity contribution in [1.82, 2.24) is 16.2 Å². The molecule has 3 rings (SSSR count). The summed E-state index contributed by atoms with van der Waals surface area (Å²) in [5.41, 5.74) is 8.40. The van der Waals surface area contributed by atoms with Crippen molar-refractivity contribution in [3.63, 3.8) is 0 Å². The van der Waals surface area contributed by atoms with E-state index in [0.29, 0.717) is 12.8 Å². The molecule has 6 nitrogen and oxygen atoms in total. The Morgan fingerprint density at radius 2 is 1.92 bits per heavy atom. The van der Waals surface area contributed by atoms with E-state index in [1.807, 2.05) is 54.6 Å². The first-order valence-electron chi connectivity index (χ1n) is 8.79. The molecule has 138 valence electrons. The molecule has 0 radical (unpaired) electrons. The van der Waals surface area contributed by atoms with Crippen molar-refractivity contribution >= 4 is 5.91 Å². The molecule has 26 heavy (non-hydrogen) atoms. The number of rotatable bonds is 7. The molecule has 2 unspecified atom stereocenters. The first-order chi connectivity index (χ1) is 12.7. The zero-order valence-corrected chi connectivity index (χ0v) is 14.8. The van der Waals surface area contributed by atoms with Gasteiger partial charge in [0.2, 0.25) is 5.91 Å². The standard InChI is InChI=1S/C20H25N3O3/c1-26-17-9-7-15(8-10-17)18-12-19(23-22-18)20(25)21-16(13-24)11-14-5-3-2-4-6-14/h2-10,16,18-19,22-24H,11-13H2,1H3,(H,21,25)/t16-,18?,19?/m1/s1. The molecule has 4 N–H and O–H groups in total. The molecule has 2 aromatic rings. The molecule has 0 saturated carbocycles. The molecule has 1 fully saturated rings. The lowest BCUT2D eigenvalue weighted by atomic mass is 10.0. The van der Waals surface area contributed by atoms with Crippen LogP contribution in [-0.4, -0.2) is 36.8 Å². The van der Waals surface area contributed by atoms with Gasteiger partial charge in [-0.2, -0.15) is 0 Å². The number of nitrogens with one attached hydrogen (secondary N) is 3. The lowest BCUT2D eigenvalue weighted by Gasteiger charge is -2.19. The number of carbonyl (C=O) groups is 1. The topological polar surface area (TPSA) is 82.6 Å². The van der Waals surface area contributed by atoms with E-state index in [0.717, 1.165) is 16.9 Å². The second kappa shape index (κ2) is 8.80. The van der Waals surface area contributed by atoms with E-state index in [9.17, 15) is 9.90 Å². The van der Waals surface area contributed by atoms with Gasteiger partial charge in [0, 0.05) is 6.04 Å². The normalized spacial score (nSPS) is 20.5. The number of hydrogen-bond acceptors (Lipinski definition) is 5. The average Bonchev–Trinajstić information content (AvgIpc) is 3.18. The average molecular weight is 355 g/mol. The molecular weight excluding hydrogens is 330 g/mol. The van der Waals surface area contributed by atoms with Crippen LogP contribution in [0.4, 0.5) is 0 Å². The van der Waals surface area contributed by atoms with Crippen LogP contribution in [0.1, 0.15) is 23.6 Å². The summed E-state index contributed by atoms with van der Waals surface area (Å²) in [6, 6.07) is 17.0. The van der Waals surface area contributed by atoms with Crippen molar-refractivity contribution in [3.8, 4) is 5.75 Å². The zero-order valence-electron chi connectivity index (χ0n) is 14.8. The number of carbonyl (C=O) groups excluding carboxylic acids is 1. The van der Waals surface area contributed by atoms with Gasteiger partial charge < -0.3 is 15.2 Å². The fourth-order valence-electron chi connectivity index (χ4n) is 3.14. The third-order valence-electron chi connectivity index (χ3n) is 4.63. The van der Waals surface area contributed by atoms with E-state index in [2.05, 4.69) is 16.2 Å². The molecule has 6 heteroatoms. The second-order valence-corrected chi connectivity index (χ2v) is 6.48. The van der Waals surface area contributed by atoms with Gasteiger partial charge in [0.25, 0.3) is 0 Å². The highest BCUT2D eigenvalue weighted by Gasteiger charge is 2.31. The molecule has 0 spiro atoms. The fourth-order valence-corrected chi connectivity index (χ4v) is 3.14. The maximum Gasteiger partial charge on any atom is 0.238 e. The van der Waals surface area contributed by atoms with Gasteiger partial charge in [0.15, 0.2) is 0 Å². The summed E-state index contributed by atoms with van der Waals surface area (Å²) < 4.78 is 5.17. The van der Waals surface area contributed by atoms with Crippen LogP contribution in [0.2, 0.25) is 0 Å². The van der Waals surface area contributed by atoms with Gasteiger partial charge in [-0.1, -0.05) is 42.5 Å². The highest BCUT2D eigenvalue weighted by molar-refractivity contribution is 5.82. The van der Waals surface area contributed by atoms with Crippen molar-refractivity contribution < 1.29 is 14.6 Å². The first kappa shape index (κ1) is 18.4. The van der Waals surface area contributed by atoms with Crippen LogP contribution in [0.25, 0.3) is 0 Å². The quantitative estimate of drug-likeness (QED) is 0.602. The summed E-state index contributed by atoms with van der Waals surface area (Å²) in [4.78, 5) is 12.5. The van der Waals surface area contributed by atoms with Crippen LogP contribution in [0, 0.1) is 0 Å². The highest BCUT2D eigenvalue weighted by Crippen LogP contribution is 2.24. The van der Waals surface area contributed by atoms with Gasteiger partial charge in [-0.25, -0.2) is 10.9 Å². The lowest BCUT2D eigenvalue weighted by Crippen LogP contribution is -2.48. The molecular formula is C20H25N3O3. The van der Waals surface area contributed by atoms with Crippen LogP contribution in [0.5, 0.6) is 5.75 Å². The summed E-state index contributed by atoms with van der Waals surface area (Å²) in [6.07, 6.45) is 1.24. The second-order valence-electron chi connectivity index (χ2n) is 6.48. The predicted octanol–water partition coefficient (Wildman–Crippen LogP) is 1.32. The number of methoxy groups -OCH3 is 1. The van der Waals surface area contributed by atoms with Gasteiger partial charge >= 0.3 is 0 Å². The summed E-state index contributed by atoms with van der Waals surface area (Å²) >= 11 is 0. The molecule has 1 amide bonds. The largest absolute Gasteiger partial charge is 0.497 e. The molecule has 0 aromatic heterocycles. The summed E-state index contributed by atoms with van der Waals surface area (Å²) in [5, 5.41) is 12.5. The van der Waals surface area contributed by atoms with Crippen molar-refractivity contribution in [2.45, 2.75) is 31.0 Å². The maximum atomic E-state index is 12.5. The minimum atomic E-state index is -0.341. The van der Waals surface area contributed by atoms with E-state index in [1.165, 1.54) is 0 Å². The third-order valence-corrected chi connectivity index (χ3v) is 4.63. The molecule has 1 aliphatic rings. The number of hydrogen-bond donors (Lipinski definition) is 4. The Morgan fingerprint density at radius 3 is 2.58 bits per heavy atom. The molecule has 1 heterocycles. The minimum absolute atomic E-state index is 0.0540. The number of ether oxygens (including phenoxy) is 1. The Morgan fingerprint density at radius 1 is 1.19 bits per heavy atom. The zero-order chi connectivity index (χ0) is 18.4. The van der Waals surface area contributed by atoms with Crippen molar-refractivity contribution in [1.29, 1.82) is 0 Å². The Hall–Kier alpha value is -2.41. The van der Waals surface area contributed by atoms with Gasteiger partial charge in [0.1, 0.15) is 11.8 Å². The SMILES string of the molecule is COc1ccc(C2CC(C(=O)N[C@@H](CO)Cc3ccccc3)NN2)cc1. The summed E-state index contributed by atoms with van der Waals surface area (Å²) in [6.45, 7) is -0.0946. The number of hydrazine groups is 1. The van der Waals surface area contributed by atoms with Gasteiger partial charge in [0.05, 0.1) is 19.8 Å². The van der Waals surface area contributed by atoms with Crippen molar-refractivity contribution in [2.75, 3.05) is 13.7 Å². The van der Waals surface area contributed by atoms with E-state index in [1.54, 1.807) is 7.11 Å². The number of amides is 1. The first-order valence-corrected chi connectivity index (χ1v) is 8.79. The van der Waals surface area contributed by atoms with E-state index < -0.39 is 0 Å². The molecule has 1 saturated heterocycles. The third kappa shape index (κ3) is 4.60. The fraction of sp³-hybridized carbons (Fsp3) is 0.350. The Labute approximate surface area is 153 Å². The predicted molar refractivity (Wildman–Crippen MR) is 99.6 cm³/mol. The monoisotopic (exact) mass is 355 g/mol. The smallest absolute Gasteiger partial charge is 0.238 e. The van der Waals surface area contributed by atoms with E-state index in [-0.39, 0.29) is 30.6 Å². The number of benzene rings is 2. The Bertz CT molecular complexity index is 706. The number of aliphatic hydroxyl groups is 1. The van der Waals surface area contributed by atoms with Crippen LogP contribution in [0.15, 0.2) is 54.6 Å². The Kier molecular flexibility index (Phi) is 6.22. The van der Waals surface area contributed by atoms with E-state index in [4.69, 9.17) is 4.74 Å². The summed E-state index contributed by atoms with van der Waals surface area (Å²) in [5.74, 6) is 0.698. The Balaban J connectivity index is 1.54. The molecule has 2 aromatic carbocycles. The molecule has 0 bridgehead atoms. The van der Waals surface area contributed by atoms with Gasteiger partial charge in [-0.15, -0.1) is 0 Å². The minimum Gasteiger partial charge on any atom is -0.497 e.